The van der Waals surface area contributed by atoms with Gasteiger partial charge in [0.2, 0.25) is 5.91 Å². The van der Waals surface area contributed by atoms with E-state index in [1.54, 1.807) is 48.5 Å². The Balaban J connectivity index is 1.93. The van der Waals surface area contributed by atoms with Crippen LogP contribution >= 0.6 is 23.2 Å². The highest BCUT2D eigenvalue weighted by molar-refractivity contribution is 6.36. The Kier molecular flexibility index (Phi) is 7.49. The summed E-state index contributed by atoms with van der Waals surface area (Å²) in [4.78, 5) is 22.9. The van der Waals surface area contributed by atoms with Crippen LogP contribution in [0.5, 0.6) is 5.75 Å². The molecule has 0 fully saturated rings. The Morgan fingerprint density at radius 1 is 1.11 bits per heavy atom. The average Bonchev–Trinajstić information content (AvgIpc) is 2.63. The second-order valence-corrected chi connectivity index (χ2v) is 7.67. The molecule has 0 aliphatic rings. The Hall–Kier alpha value is -2.50. The molecule has 0 radical (unpaired) electrons. The van der Waals surface area contributed by atoms with Gasteiger partial charge in [0.15, 0.2) is 6.61 Å². The topological polar surface area (TPSA) is 81.4 Å². The zero-order valence-electron chi connectivity index (χ0n) is 15.7. The van der Waals surface area contributed by atoms with Gasteiger partial charge in [-0.15, -0.1) is 0 Å². The van der Waals surface area contributed by atoms with E-state index in [0.29, 0.717) is 22.3 Å². The molecule has 0 saturated heterocycles. The molecule has 0 aromatic heterocycles. The molecule has 2 rings (SSSR count). The minimum atomic E-state index is -0.540. The standard InChI is InChI=1S/C21H22Cl2N2O3/c1-21(2,20-16(22)4-3-5-17(20)23)13-25-19(27)11-8-14-6-9-15(10-7-14)28-12-18(24)26/h3-11H,12-13H2,1-2H3,(H2,24,26)(H,25,27)/b11-8+. The van der Waals surface area contributed by atoms with Gasteiger partial charge >= 0.3 is 0 Å². The fraction of sp³-hybridized carbons (Fsp3) is 0.238. The summed E-state index contributed by atoms with van der Waals surface area (Å²) in [7, 11) is 0. The van der Waals surface area contributed by atoms with E-state index < -0.39 is 11.3 Å². The first kappa shape index (κ1) is 21.8. The number of hydrogen-bond acceptors (Lipinski definition) is 3. The normalized spacial score (nSPS) is 11.4. The molecular formula is C21H22Cl2N2O3. The number of ether oxygens (including phenoxy) is 1. The molecule has 0 bridgehead atoms. The predicted molar refractivity (Wildman–Crippen MR) is 113 cm³/mol. The van der Waals surface area contributed by atoms with Crippen LogP contribution in [0.1, 0.15) is 25.0 Å². The van der Waals surface area contributed by atoms with Crippen molar-refractivity contribution in [3.63, 3.8) is 0 Å². The minimum Gasteiger partial charge on any atom is -0.484 e. The van der Waals surface area contributed by atoms with Gasteiger partial charge in [0.1, 0.15) is 5.75 Å². The van der Waals surface area contributed by atoms with Crippen molar-refractivity contribution in [2.45, 2.75) is 19.3 Å². The molecule has 0 aliphatic heterocycles. The molecule has 0 atom stereocenters. The van der Waals surface area contributed by atoms with Gasteiger partial charge in [0.25, 0.3) is 5.91 Å². The van der Waals surface area contributed by atoms with E-state index in [4.69, 9.17) is 33.7 Å². The third-order valence-corrected chi connectivity index (χ3v) is 4.66. The summed E-state index contributed by atoms with van der Waals surface area (Å²) in [5, 5.41) is 4.01. The van der Waals surface area contributed by atoms with Crippen molar-refractivity contribution in [3.8, 4) is 5.75 Å². The van der Waals surface area contributed by atoms with Gasteiger partial charge in [-0.2, -0.15) is 0 Å². The maximum atomic E-state index is 12.2. The Morgan fingerprint density at radius 2 is 1.71 bits per heavy atom. The number of carbonyl (C=O) groups is 2. The Bertz CT molecular complexity index is 857. The lowest BCUT2D eigenvalue weighted by molar-refractivity contribution is -0.120. The van der Waals surface area contributed by atoms with Crippen molar-refractivity contribution < 1.29 is 14.3 Å². The van der Waals surface area contributed by atoms with Crippen LogP contribution in [0.4, 0.5) is 0 Å². The van der Waals surface area contributed by atoms with Crippen molar-refractivity contribution in [2.75, 3.05) is 13.2 Å². The Labute approximate surface area is 174 Å². The molecule has 7 heteroatoms. The number of benzene rings is 2. The van der Waals surface area contributed by atoms with E-state index in [2.05, 4.69) is 5.32 Å². The highest BCUT2D eigenvalue weighted by Gasteiger charge is 2.26. The largest absolute Gasteiger partial charge is 0.484 e. The number of halogens is 2. The first-order chi connectivity index (χ1) is 13.2. The highest BCUT2D eigenvalue weighted by atomic mass is 35.5. The summed E-state index contributed by atoms with van der Waals surface area (Å²) >= 11 is 12.6. The van der Waals surface area contributed by atoms with Crippen LogP contribution in [0.25, 0.3) is 6.08 Å². The lowest BCUT2D eigenvalue weighted by atomic mass is 9.84. The summed E-state index contributed by atoms with van der Waals surface area (Å²) in [6, 6.07) is 12.3. The van der Waals surface area contributed by atoms with Crippen LogP contribution in [0, 0.1) is 0 Å². The summed E-state index contributed by atoms with van der Waals surface area (Å²) in [6.45, 7) is 4.13. The molecule has 5 nitrogen and oxygen atoms in total. The third-order valence-electron chi connectivity index (χ3n) is 4.03. The van der Waals surface area contributed by atoms with Crippen molar-refractivity contribution in [1.29, 1.82) is 0 Å². The monoisotopic (exact) mass is 420 g/mol. The van der Waals surface area contributed by atoms with E-state index in [1.807, 2.05) is 13.8 Å². The van der Waals surface area contributed by atoms with Crippen LogP contribution < -0.4 is 15.8 Å². The molecule has 148 valence electrons. The zero-order valence-corrected chi connectivity index (χ0v) is 17.2. The maximum Gasteiger partial charge on any atom is 0.255 e. The molecular weight excluding hydrogens is 399 g/mol. The first-order valence-corrected chi connectivity index (χ1v) is 9.36. The van der Waals surface area contributed by atoms with Crippen LogP contribution in [0.3, 0.4) is 0 Å². The van der Waals surface area contributed by atoms with Gasteiger partial charge in [-0.25, -0.2) is 0 Å². The van der Waals surface area contributed by atoms with Crippen molar-refractivity contribution >= 4 is 41.1 Å². The molecule has 0 saturated carbocycles. The van der Waals surface area contributed by atoms with Gasteiger partial charge in [-0.3, -0.25) is 9.59 Å². The fourth-order valence-corrected chi connectivity index (χ4v) is 3.51. The zero-order chi connectivity index (χ0) is 20.7. The molecule has 2 amide bonds. The van der Waals surface area contributed by atoms with E-state index >= 15 is 0 Å². The fourth-order valence-electron chi connectivity index (χ4n) is 2.60. The lowest BCUT2D eigenvalue weighted by Crippen LogP contribution is -2.36. The summed E-state index contributed by atoms with van der Waals surface area (Å²) in [5.74, 6) is -0.245. The maximum absolute atomic E-state index is 12.2. The van der Waals surface area contributed by atoms with Crippen molar-refractivity contribution in [3.05, 3.63) is 69.7 Å². The number of carbonyl (C=O) groups excluding carboxylic acids is 2. The van der Waals surface area contributed by atoms with Crippen LogP contribution in [0.15, 0.2) is 48.5 Å². The molecule has 0 heterocycles. The van der Waals surface area contributed by atoms with Crippen molar-refractivity contribution in [2.24, 2.45) is 5.73 Å². The van der Waals surface area contributed by atoms with E-state index in [-0.39, 0.29) is 12.5 Å². The Morgan fingerprint density at radius 3 is 2.29 bits per heavy atom. The first-order valence-electron chi connectivity index (χ1n) is 8.60. The minimum absolute atomic E-state index is 0.178. The molecule has 28 heavy (non-hydrogen) atoms. The quantitative estimate of drug-likeness (QED) is 0.633. The molecule has 2 aromatic carbocycles. The smallest absolute Gasteiger partial charge is 0.255 e. The average molecular weight is 421 g/mol. The number of hydrogen-bond donors (Lipinski definition) is 2. The second kappa shape index (κ2) is 9.62. The number of nitrogens with one attached hydrogen (secondary N) is 1. The number of rotatable bonds is 8. The van der Waals surface area contributed by atoms with Crippen LogP contribution in [-0.2, 0) is 15.0 Å². The van der Waals surface area contributed by atoms with Gasteiger partial charge in [-0.05, 0) is 41.5 Å². The van der Waals surface area contributed by atoms with E-state index in [9.17, 15) is 9.59 Å². The van der Waals surface area contributed by atoms with Gasteiger partial charge < -0.3 is 15.8 Å². The predicted octanol–water partition coefficient (Wildman–Crippen LogP) is 3.96. The molecule has 3 N–H and O–H groups in total. The highest BCUT2D eigenvalue weighted by Crippen LogP contribution is 2.35. The van der Waals surface area contributed by atoms with E-state index in [1.165, 1.54) is 6.08 Å². The number of primary amides is 1. The lowest BCUT2D eigenvalue weighted by Gasteiger charge is -2.27. The van der Waals surface area contributed by atoms with Gasteiger partial charge in [0, 0.05) is 28.1 Å². The molecule has 0 aliphatic carbocycles. The SMILES string of the molecule is CC(C)(CNC(=O)/C=C/c1ccc(OCC(N)=O)cc1)c1c(Cl)cccc1Cl. The van der Waals surface area contributed by atoms with Crippen LogP contribution in [-0.4, -0.2) is 25.0 Å². The summed E-state index contributed by atoms with van der Waals surface area (Å²) in [5.41, 5.74) is 6.21. The number of amides is 2. The molecule has 0 spiro atoms. The third kappa shape index (κ3) is 6.29. The number of nitrogens with two attached hydrogens (primary N) is 1. The van der Waals surface area contributed by atoms with Gasteiger partial charge in [-0.1, -0.05) is 55.2 Å². The van der Waals surface area contributed by atoms with Gasteiger partial charge in [0.05, 0.1) is 0 Å². The second-order valence-electron chi connectivity index (χ2n) is 6.86. The van der Waals surface area contributed by atoms with Crippen LogP contribution in [0.2, 0.25) is 10.0 Å². The van der Waals surface area contributed by atoms with E-state index in [0.717, 1.165) is 11.1 Å². The summed E-state index contributed by atoms with van der Waals surface area (Å²) in [6.07, 6.45) is 3.13. The molecule has 2 aromatic rings. The van der Waals surface area contributed by atoms with Crippen molar-refractivity contribution in [1.82, 2.24) is 5.32 Å². The summed E-state index contributed by atoms with van der Waals surface area (Å²) < 4.78 is 5.19. The molecule has 0 unspecified atom stereocenters.